The molecule has 0 bridgehead atoms. The average Bonchev–Trinajstić information content (AvgIpc) is 2.46. The van der Waals surface area contributed by atoms with E-state index in [4.69, 9.17) is 27.7 Å². The van der Waals surface area contributed by atoms with Gasteiger partial charge in [0.05, 0.1) is 5.88 Å². The third-order valence-electron chi connectivity index (χ3n) is 1.64. The molecule has 0 saturated heterocycles. The maximum atomic E-state index is 5.75. The minimum Gasteiger partial charge on any atom is -0.356 e. The van der Waals surface area contributed by atoms with Gasteiger partial charge in [-0.1, -0.05) is 16.8 Å². The summed E-state index contributed by atoms with van der Waals surface area (Å²) in [6.45, 7) is 0. The van der Waals surface area contributed by atoms with Gasteiger partial charge < -0.3 is 4.52 Å². The van der Waals surface area contributed by atoms with Crippen LogP contribution in [0.25, 0.3) is 11.0 Å². The summed E-state index contributed by atoms with van der Waals surface area (Å²) in [5.74, 6) is 0.356. The lowest BCUT2D eigenvalue weighted by atomic mass is 10.2. The maximum Gasteiger partial charge on any atom is 0.168 e. The molecule has 0 saturated carbocycles. The molecule has 0 aliphatic heterocycles. The molecule has 2 aromatic rings. The van der Waals surface area contributed by atoms with Gasteiger partial charge in [-0.2, -0.15) is 0 Å². The summed E-state index contributed by atoms with van der Waals surface area (Å²) in [5, 5.41) is 5.35. The summed E-state index contributed by atoms with van der Waals surface area (Å²) >= 11 is 11.4. The van der Waals surface area contributed by atoms with Crippen LogP contribution in [0.2, 0.25) is 5.02 Å². The smallest absolute Gasteiger partial charge is 0.168 e. The molecule has 2 nitrogen and oxygen atoms in total. The molecule has 0 spiro atoms. The highest BCUT2D eigenvalue weighted by Gasteiger charge is 2.06. The van der Waals surface area contributed by atoms with Crippen LogP contribution < -0.4 is 0 Å². The van der Waals surface area contributed by atoms with Gasteiger partial charge in [-0.05, 0) is 12.1 Å². The number of hydrogen-bond acceptors (Lipinski definition) is 2. The zero-order valence-corrected chi connectivity index (χ0v) is 7.56. The van der Waals surface area contributed by atoms with Crippen molar-refractivity contribution in [3.8, 4) is 0 Å². The maximum absolute atomic E-state index is 5.75. The van der Waals surface area contributed by atoms with Crippen molar-refractivity contribution in [1.82, 2.24) is 5.16 Å². The highest BCUT2D eigenvalue weighted by Crippen LogP contribution is 2.22. The van der Waals surface area contributed by atoms with E-state index in [-0.39, 0.29) is 0 Å². The van der Waals surface area contributed by atoms with Gasteiger partial charge in [0, 0.05) is 16.5 Å². The third-order valence-corrected chi connectivity index (χ3v) is 2.12. The molecule has 0 fully saturated rings. The number of hydrogen-bond donors (Lipinski definition) is 0. The summed E-state index contributed by atoms with van der Waals surface area (Å²) in [5.41, 5.74) is 1.43. The van der Waals surface area contributed by atoms with Crippen LogP contribution in [0.1, 0.15) is 5.69 Å². The fourth-order valence-electron chi connectivity index (χ4n) is 1.06. The van der Waals surface area contributed by atoms with Crippen LogP contribution >= 0.6 is 23.2 Å². The Kier molecular flexibility index (Phi) is 1.95. The van der Waals surface area contributed by atoms with E-state index < -0.39 is 0 Å². The van der Waals surface area contributed by atoms with Crippen LogP contribution in [0.3, 0.4) is 0 Å². The Morgan fingerprint density at radius 3 is 3.00 bits per heavy atom. The van der Waals surface area contributed by atoms with Crippen molar-refractivity contribution in [2.45, 2.75) is 5.88 Å². The van der Waals surface area contributed by atoms with Crippen molar-refractivity contribution in [1.29, 1.82) is 0 Å². The van der Waals surface area contributed by atoms with Crippen LogP contribution in [0.5, 0.6) is 0 Å². The average molecular weight is 202 g/mol. The monoisotopic (exact) mass is 201 g/mol. The lowest BCUT2D eigenvalue weighted by Crippen LogP contribution is -1.75. The van der Waals surface area contributed by atoms with Gasteiger partial charge in [0.1, 0.15) is 5.69 Å². The molecule has 0 aliphatic rings. The molecule has 1 heterocycles. The molecule has 2 rings (SSSR count). The predicted octanol–water partition coefficient (Wildman–Crippen LogP) is 3.22. The van der Waals surface area contributed by atoms with Gasteiger partial charge in [-0.15, -0.1) is 11.6 Å². The molecule has 0 unspecified atom stereocenters. The second-order valence-corrected chi connectivity index (χ2v) is 3.11. The highest BCUT2D eigenvalue weighted by molar-refractivity contribution is 6.31. The Labute approximate surface area is 79.0 Å². The largest absolute Gasteiger partial charge is 0.356 e. The fraction of sp³-hybridized carbons (Fsp3) is 0.125. The Hall–Kier alpha value is -0.730. The molecular weight excluding hydrogens is 197 g/mol. The quantitative estimate of drug-likeness (QED) is 0.663. The minimum atomic E-state index is 0.356. The molecule has 0 N–H and O–H groups in total. The van der Waals surface area contributed by atoms with Crippen LogP contribution in [0.4, 0.5) is 0 Å². The lowest BCUT2D eigenvalue weighted by Gasteiger charge is -1.88. The summed E-state index contributed by atoms with van der Waals surface area (Å²) < 4.78 is 5.00. The number of rotatable bonds is 1. The van der Waals surface area contributed by atoms with Crippen molar-refractivity contribution >= 4 is 34.2 Å². The SMILES string of the molecule is ClCc1noc2cc(Cl)ccc12. The van der Waals surface area contributed by atoms with Gasteiger partial charge in [0.15, 0.2) is 5.58 Å². The van der Waals surface area contributed by atoms with E-state index in [0.717, 1.165) is 11.1 Å². The second-order valence-electron chi connectivity index (χ2n) is 2.40. The van der Waals surface area contributed by atoms with Crippen LogP contribution in [-0.4, -0.2) is 5.16 Å². The minimum absolute atomic E-state index is 0.356. The second kappa shape index (κ2) is 2.96. The lowest BCUT2D eigenvalue weighted by molar-refractivity contribution is 0.449. The Balaban J connectivity index is 2.73. The van der Waals surface area contributed by atoms with Crippen LogP contribution in [0, 0.1) is 0 Å². The number of alkyl halides is 1. The molecule has 0 aliphatic carbocycles. The van der Waals surface area contributed by atoms with Gasteiger partial charge >= 0.3 is 0 Å². The molecule has 0 atom stereocenters. The number of halogens is 2. The van der Waals surface area contributed by atoms with Crippen molar-refractivity contribution in [2.75, 3.05) is 0 Å². The standard InChI is InChI=1S/C8H5Cl2NO/c9-4-7-6-2-1-5(10)3-8(6)12-11-7/h1-3H,4H2. The first-order valence-electron chi connectivity index (χ1n) is 3.41. The number of nitrogens with zero attached hydrogens (tertiary/aromatic N) is 1. The third kappa shape index (κ3) is 1.17. The van der Waals surface area contributed by atoms with Crippen molar-refractivity contribution < 1.29 is 4.52 Å². The molecule has 0 amide bonds. The zero-order valence-electron chi connectivity index (χ0n) is 6.05. The first-order chi connectivity index (χ1) is 5.81. The van der Waals surface area contributed by atoms with E-state index >= 15 is 0 Å². The summed E-state index contributed by atoms with van der Waals surface area (Å²) in [4.78, 5) is 0. The summed E-state index contributed by atoms with van der Waals surface area (Å²) in [6.07, 6.45) is 0. The van der Waals surface area contributed by atoms with Gasteiger partial charge in [0.25, 0.3) is 0 Å². The highest BCUT2D eigenvalue weighted by atomic mass is 35.5. The van der Waals surface area contributed by atoms with Crippen molar-refractivity contribution in [3.05, 3.63) is 28.9 Å². The molecule has 4 heteroatoms. The summed E-state index contributed by atoms with van der Waals surface area (Å²) in [7, 11) is 0. The van der Waals surface area contributed by atoms with E-state index in [1.165, 1.54) is 0 Å². The van der Waals surface area contributed by atoms with Crippen molar-refractivity contribution in [2.24, 2.45) is 0 Å². The number of aromatic nitrogens is 1. The van der Waals surface area contributed by atoms with E-state index in [1.54, 1.807) is 12.1 Å². The molecule has 12 heavy (non-hydrogen) atoms. The first kappa shape index (κ1) is 7.90. The van der Waals surface area contributed by atoms with Gasteiger partial charge in [-0.25, -0.2) is 0 Å². The van der Waals surface area contributed by atoms with E-state index in [2.05, 4.69) is 5.16 Å². The molecule has 1 aromatic carbocycles. The summed E-state index contributed by atoms with van der Waals surface area (Å²) in [6, 6.07) is 5.36. The normalized spacial score (nSPS) is 10.8. The van der Waals surface area contributed by atoms with Gasteiger partial charge in [0.2, 0.25) is 0 Å². The van der Waals surface area contributed by atoms with E-state index in [1.807, 2.05) is 6.07 Å². The molecular formula is C8H5Cl2NO. The van der Waals surface area contributed by atoms with Crippen LogP contribution in [-0.2, 0) is 5.88 Å². The fourth-order valence-corrected chi connectivity index (χ4v) is 1.41. The number of benzene rings is 1. The van der Waals surface area contributed by atoms with E-state index in [0.29, 0.717) is 16.5 Å². The topological polar surface area (TPSA) is 26.0 Å². The van der Waals surface area contributed by atoms with Gasteiger partial charge in [-0.3, -0.25) is 0 Å². The Morgan fingerprint density at radius 2 is 2.25 bits per heavy atom. The number of fused-ring (bicyclic) bond motifs is 1. The Morgan fingerprint density at radius 1 is 1.42 bits per heavy atom. The molecule has 62 valence electrons. The van der Waals surface area contributed by atoms with E-state index in [9.17, 15) is 0 Å². The molecule has 1 aromatic heterocycles. The first-order valence-corrected chi connectivity index (χ1v) is 4.32. The van der Waals surface area contributed by atoms with Crippen molar-refractivity contribution in [3.63, 3.8) is 0 Å². The molecule has 0 radical (unpaired) electrons. The predicted molar refractivity (Wildman–Crippen MR) is 48.6 cm³/mol. The Bertz CT molecular complexity index is 410. The zero-order chi connectivity index (χ0) is 8.55. The van der Waals surface area contributed by atoms with Crippen LogP contribution in [0.15, 0.2) is 22.7 Å².